The van der Waals surface area contributed by atoms with Gasteiger partial charge in [0, 0.05) is 62.2 Å². The number of aryl methyl sites for hydroxylation is 1. The highest BCUT2D eigenvalue weighted by atomic mass is 16.2. The molecule has 0 bridgehead atoms. The lowest BCUT2D eigenvalue weighted by atomic mass is 9.98. The van der Waals surface area contributed by atoms with Gasteiger partial charge < -0.3 is 15.2 Å². The highest BCUT2D eigenvalue weighted by molar-refractivity contribution is 5.84. The summed E-state index contributed by atoms with van der Waals surface area (Å²) in [7, 11) is 0. The first kappa shape index (κ1) is 20.0. The molecule has 2 fully saturated rings. The summed E-state index contributed by atoms with van der Waals surface area (Å²) in [6, 6.07) is 8.95. The molecule has 29 heavy (non-hydrogen) atoms. The Morgan fingerprint density at radius 1 is 1.10 bits per heavy atom. The molecule has 3 heterocycles. The third kappa shape index (κ3) is 4.64. The van der Waals surface area contributed by atoms with Gasteiger partial charge in [0.1, 0.15) is 0 Å². The van der Waals surface area contributed by atoms with Crippen LogP contribution in [0, 0.1) is 0 Å². The lowest BCUT2D eigenvalue weighted by Crippen LogP contribution is -2.41. The van der Waals surface area contributed by atoms with E-state index in [0.29, 0.717) is 24.9 Å². The van der Waals surface area contributed by atoms with Crippen molar-refractivity contribution in [3.8, 4) is 0 Å². The molecule has 0 spiro atoms. The monoisotopic (exact) mass is 396 g/mol. The zero-order chi connectivity index (χ0) is 20.2. The van der Waals surface area contributed by atoms with Crippen molar-refractivity contribution in [3.63, 3.8) is 0 Å². The maximum Gasteiger partial charge on any atom is 0.222 e. The Morgan fingerprint density at radius 3 is 2.76 bits per heavy atom. The predicted molar refractivity (Wildman–Crippen MR) is 114 cm³/mol. The van der Waals surface area contributed by atoms with Gasteiger partial charge in [0.05, 0.1) is 0 Å². The van der Waals surface area contributed by atoms with Crippen molar-refractivity contribution in [2.45, 2.75) is 64.1 Å². The van der Waals surface area contributed by atoms with Crippen molar-refractivity contribution in [2.24, 2.45) is 5.73 Å². The van der Waals surface area contributed by atoms with Crippen LogP contribution in [0.5, 0.6) is 0 Å². The van der Waals surface area contributed by atoms with Crippen LogP contribution in [0.15, 0.2) is 30.5 Å². The average molecular weight is 397 g/mol. The lowest BCUT2D eigenvalue weighted by Gasteiger charge is -2.36. The molecule has 2 N–H and O–H groups in total. The molecular formula is C23H32N4O2. The van der Waals surface area contributed by atoms with Crippen LogP contribution in [0.4, 0.5) is 0 Å². The number of rotatable bonds is 8. The fraction of sp³-hybridized carbons (Fsp3) is 0.565. The van der Waals surface area contributed by atoms with E-state index >= 15 is 0 Å². The van der Waals surface area contributed by atoms with Crippen molar-refractivity contribution < 1.29 is 9.59 Å². The van der Waals surface area contributed by atoms with E-state index in [2.05, 4.69) is 33.9 Å². The van der Waals surface area contributed by atoms with Gasteiger partial charge in [-0.05, 0) is 43.9 Å². The Balaban J connectivity index is 1.48. The molecular weight excluding hydrogens is 364 g/mol. The summed E-state index contributed by atoms with van der Waals surface area (Å²) in [5, 5.41) is 1.26. The SMILES string of the molecule is NC(=O)CCn1cc(CN2CCCC[C@@H]2CCN2CCCC2=O)c2ccccc21. The first-order valence-corrected chi connectivity index (χ1v) is 11.0. The number of carbonyl (C=O) groups excluding carboxylic acids is 2. The summed E-state index contributed by atoms with van der Waals surface area (Å²) in [5.41, 5.74) is 7.85. The van der Waals surface area contributed by atoms with Crippen molar-refractivity contribution in [3.05, 3.63) is 36.0 Å². The number of benzene rings is 1. The van der Waals surface area contributed by atoms with E-state index in [1.807, 2.05) is 11.0 Å². The molecule has 0 unspecified atom stereocenters. The molecule has 2 aliphatic rings. The Hall–Kier alpha value is -2.34. The highest BCUT2D eigenvalue weighted by Crippen LogP contribution is 2.27. The van der Waals surface area contributed by atoms with Gasteiger partial charge in [-0.3, -0.25) is 14.5 Å². The number of nitrogens with two attached hydrogens (primary N) is 1. The second-order valence-electron chi connectivity index (χ2n) is 8.47. The first-order chi connectivity index (χ1) is 14.1. The van der Waals surface area contributed by atoms with Crippen LogP contribution in [0.1, 0.15) is 50.5 Å². The number of carbonyl (C=O) groups is 2. The van der Waals surface area contributed by atoms with E-state index < -0.39 is 0 Å². The minimum absolute atomic E-state index is 0.267. The summed E-state index contributed by atoms with van der Waals surface area (Å²) in [4.78, 5) is 27.9. The Morgan fingerprint density at radius 2 is 1.97 bits per heavy atom. The van der Waals surface area contributed by atoms with Gasteiger partial charge in [-0.1, -0.05) is 24.6 Å². The maximum atomic E-state index is 12.0. The van der Waals surface area contributed by atoms with E-state index in [4.69, 9.17) is 5.73 Å². The number of likely N-dealkylation sites (tertiary alicyclic amines) is 2. The van der Waals surface area contributed by atoms with Crippen LogP contribution >= 0.6 is 0 Å². The minimum Gasteiger partial charge on any atom is -0.370 e. The molecule has 0 radical (unpaired) electrons. The minimum atomic E-state index is -0.267. The van der Waals surface area contributed by atoms with Crippen molar-refractivity contribution in [2.75, 3.05) is 19.6 Å². The number of aromatic nitrogens is 1. The molecule has 1 atom stereocenters. The Labute approximate surface area is 172 Å². The van der Waals surface area contributed by atoms with Crippen LogP contribution in [0.25, 0.3) is 10.9 Å². The summed E-state index contributed by atoms with van der Waals surface area (Å²) < 4.78 is 2.16. The predicted octanol–water partition coefficient (Wildman–Crippen LogP) is 2.88. The quantitative estimate of drug-likeness (QED) is 0.746. The molecule has 6 heteroatoms. The molecule has 2 aromatic rings. The number of piperidine rings is 1. The molecule has 1 aromatic carbocycles. The van der Waals surface area contributed by atoms with Crippen LogP contribution < -0.4 is 5.73 Å². The van der Waals surface area contributed by atoms with Crippen molar-refractivity contribution >= 4 is 22.7 Å². The molecule has 0 saturated carbocycles. The average Bonchev–Trinajstić information content (AvgIpc) is 3.29. The number of hydrogen-bond acceptors (Lipinski definition) is 3. The largest absolute Gasteiger partial charge is 0.370 e. The summed E-state index contributed by atoms with van der Waals surface area (Å²) >= 11 is 0. The molecule has 4 rings (SSSR count). The van der Waals surface area contributed by atoms with E-state index in [0.717, 1.165) is 45.4 Å². The second-order valence-corrected chi connectivity index (χ2v) is 8.47. The van der Waals surface area contributed by atoms with E-state index in [1.165, 1.54) is 35.7 Å². The second kappa shape index (κ2) is 8.99. The van der Waals surface area contributed by atoms with Crippen LogP contribution in [0.3, 0.4) is 0 Å². The van der Waals surface area contributed by atoms with Crippen LogP contribution in [-0.4, -0.2) is 51.9 Å². The van der Waals surface area contributed by atoms with Gasteiger partial charge in [0.25, 0.3) is 0 Å². The van der Waals surface area contributed by atoms with Crippen LogP contribution in [-0.2, 0) is 22.7 Å². The number of para-hydroxylation sites is 1. The lowest BCUT2D eigenvalue weighted by molar-refractivity contribution is -0.128. The number of fused-ring (bicyclic) bond motifs is 1. The molecule has 0 aliphatic carbocycles. The molecule has 2 aliphatic heterocycles. The van der Waals surface area contributed by atoms with Crippen molar-refractivity contribution in [1.82, 2.24) is 14.4 Å². The van der Waals surface area contributed by atoms with Gasteiger partial charge in [-0.15, -0.1) is 0 Å². The topological polar surface area (TPSA) is 71.6 Å². The first-order valence-electron chi connectivity index (χ1n) is 11.0. The summed E-state index contributed by atoms with van der Waals surface area (Å²) in [6.07, 6.45) is 9.07. The standard InChI is InChI=1S/C23H32N4O2/c24-22(28)11-15-27-17-18(20-7-1-2-8-21(20)27)16-26-12-4-3-6-19(26)10-14-25-13-5-9-23(25)29/h1-2,7-8,17,19H,3-6,9-16H2,(H2,24,28)/t19-/m1/s1. The third-order valence-corrected chi connectivity index (χ3v) is 6.50. The number of hydrogen-bond donors (Lipinski definition) is 1. The van der Waals surface area contributed by atoms with Gasteiger partial charge in [-0.2, -0.15) is 0 Å². The molecule has 1 aromatic heterocycles. The van der Waals surface area contributed by atoms with E-state index in [1.54, 1.807) is 0 Å². The highest BCUT2D eigenvalue weighted by Gasteiger charge is 2.26. The van der Waals surface area contributed by atoms with Gasteiger partial charge in [0.2, 0.25) is 11.8 Å². The molecule has 2 saturated heterocycles. The third-order valence-electron chi connectivity index (χ3n) is 6.50. The fourth-order valence-corrected chi connectivity index (χ4v) is 4.92. The van der Waals surface area contributed by atoms with Gasteiger partial charge in [-0.25, -0.2) is 0 Å². The number of amides is 2. The van der Waals surface area contributed by atoms with E-state index in [9.17, 15) is 9.59 Å². The Bertz CT molecular complexity index is 875. The molecule has 156 valence electrons. The Kier molecular flexibility index (Phi) is 6.19. The number of nitrogens with zero attached hydrogens (tertiary/aromatic N) is 3. The van der Waals surface area contributed by atoms with Gasteiger partial charge in [0.15, 0.2) is 0 Å². The number of primary amides is 1. The fourth-order valence-electron chi connectivity index (χ4n) is 4.92. The zero-order valence-corrected chi connectivity index (χ0v) is 17.2. The van der Waals surface area contributed by atoms with E-state index in [-0.39, 0.29) is 5.91 Å². The van der Waals surface area contributed by atoms with Crippen LogP contribution in [0.2, 0.25) is 0 Å². The molecule has 6 nitrogen and oxygen atoms in total. The maximum absolute atomic E-state index is 12.0. The zero-order valence-electron chi connectivity index (χ0n) is 17.2. The van der Waals surface area contributed by atoms with Gasteiger partial charge >= 0.3 is 0 Å². The summed E-state index contributed by atoms with van der Waals surface area (Å²) in [6.45, 7) is 4.47. The molecule has 2 amide bonds. The smallest absolute Gasteiger partial charge is 0.222 e. The summed E-state index contributed by atoms with van der Waals surface area (Å²) in [5.74, 6) is 0.0572. The van der Waals surface area contributed by atoms with Crippen molar-refractivity contribution in [1.29, 1.82) is 0 Å². The normalized spacial score (nSPS) is 20.6.